The topological polar surface area (TPSA) is 58.6 Å². The molecule has 0 saturated heterocycles. The molecule has 100 valence electrons. The van der Waals surface area contributed by atoms with Gasteiger partial charge in [0.15, 0.2) is 0 Å². The highest BCUT2D eigenvalue weighted by Gasteiger charge is 2.11. The third-order valence-corrected chi connectivity index (χ3v) is 4.22. The molecule has 0 aliphatic rings. The van der Waals surface area contributed by atoms with E-state index in [0.29, 0.717) is 11.4 Å². The number of ether oxygens (including phenoxy) is 1. The van der Waals surface area contributed by atoms with E-state index in [-0.39, 0.29) is 0 Å². The Morgan fingerprint density at radius 2 is 2.26 bits per heavy atom. The van der Waals surface area contributed by atoms with E-state index in [0.717, 1.165) is 21.5 Å². The highest BCUT2D eigenvalue weighted by atomic mass is 79.9. The normalized spacial score (nSPS) is 10.2. The minimum atomic E-state index is -0.892. The molecule has 2 rings (SSSR count). The molecule has 2 aromatic rings. The fraction of sp³-hybridized carbons (Fsp3) is 0.154. The SMILES string of the molecule is COc1ccc(Br)c(NCc2ccsc2C(=O)O)c1. The van der Waals surface area contributed by atoms with Crippen molar-refractivity contribution in [3.8, 4) is 5.75 Å². The summed E-state index contributed by atoms with van der Waals surface area (Å²) in [7, 11) is 1.61. The largest absolute Gasteiger partial charge is 0.497 e. The first-order chi connectivity index (χ1) is 9.11. The van der Waals surface area contributed by atoms with Gasteiger partial charge in [-0.3, -0.25) is 0 Å². The van der Waals surface area contributed by atoms with Gasteiger partial charge in [0.25, 0.3) is 0 Å². The molecule has 0 aliphatic heterocycles. The molecule has 0 unspecified atom stereocenters. The number of nitrogens with one attached hydrogen (secondary N) is 1. The number of hydrogen-bond donors (Lipinski definition) is 2. The fourth-order valence-electron chi connectivity index (χ4n) is 1.62. The third kappa shape index (κ3) is 3.27. The van der Waals surface area contributed by atoms with Crippen molar-refractivity contribution in [1.29, 1.82) is 0 Å². The molecule has 0 bridgehead atoms. The first-order valence-electron chi connectivity index (χ1n) is 5.49. The van der Waals surface area contributed by atoms with Crippen LogP contribution in [0.2, 0.25) is 0 Å². The molecule has 0 saturated carbocycles. The van der Waals surface area contributed by atoms with Crippen LogP contribution in [0, 0.1) is 0 Å². The summed E-state index contributed by atoms with van der Waals surface area (Å²) in [6.45, 7) is 0.455. The van der Waals surface area contributed by atoms with Gasteiger partial charge in [-0.15, -0.1) is 11.3 Å². The van der Waals surface area contributed by atoms with Gasteiger partial charge in [0, 0.05) is 17.1 Å². The molecule has 2 N–H and O–H groups in total. The van der Waals surface area contributed by atoms with E-state index in [2.05, 4.69) is 21.2 Å². The van der Waals surface area contributed by atoms with Crippen LogP contribution in [0.4, 0.5) is 5.69 Å². The van der Waals surface area contributed by atoms with Crippen molar-refractivity contribution in [2.45, 2.75) is 6.54 Å². The van der Waals surface area contributed by atoms with Crippen LogP contribution in [0.5, 0.6) is 5.75 Å². The number of anilines is 1. The Morgan fingerprint density at radius 1 is 1.47 bits per heavy atom. The van der Waals surface area contributed by atoms with E-state index in [1.54, 1.807) is 12.5 Å². The molecule has 0 amide bonds. The number of carbonyl (C=O) groups is 1. The number of hydrogen-bond acceptors (Lipinski definition) is 4. The van der Waals surface area contributed by atoms with Crippen molar-refractivity contribution >= 4 is 38.9 Å². The third-order valence-electron chi connectivity index (χ3n) is 2.58. The van der Waals surface area contributed by atoms with Gasteiger partial charge >= 0.3 is 5.97 Å². The van der Waals surface area contributed by atoms with E-state index in [1.165, 1.54) is 11.3 Å². The van der Waals surface area contributed by atoms with Gasteiger partial charge in [-0.1, -0.05) is 0 Å². The lowest BCUT2D eigenvalue weighted by Crippen LogP contribution is -2.04. The quantitative estimate of drug-likeness (QED) is 0.867. The zero-order valence-electron chi connectivity index (χ0n) is 10.1. The number of halogens is 1. The first-order valence-corrected chi connectivity index (χ1v) is 7.16. The van der Waals surface area contributed by atoms with Crippen LogP contribution < -0.4 is 10.1 Å². The second-order valence-electron chi connectivity index (χ2n) is 3.78. The van der Waals surface area contributed by atoms with Gasteiger partial charge in [0.05, 0.1) is 12.8 Å². The predicted molar refractivity (Wildman–Crippen MR) is 79.3 cm³/mol. The molecule has 1 heterocycles. The minimum Gasteiger partial charge on any atom is -0.497 e. The number of rotatable bonds is 5. The maximum absolute atomic E-state index is 11.0. The number of carboxylic acids is 1. The van der Waals surface area contributed by atoms with Crippen LogP contribution >= 0.6 is 27.3 Å². The summed E-state index contributed by atoms with van der Waals surface area (Å²) in [5.74, 6) is -0.147. The highest BCUT2D eigenvalue weighted by Crippen LogP contribution is 2.28. The summed E-state index contributed by atoms with van der Waals surface area (Å²) in [6.07, 6.45) is 0. The van der Waals surface area contributed by atoms with Crippen molar-refractivity contribution in [1.82, 2.24) is 0 Å². The molecule has 1 aromatic heterocycles. The zero-order valence-corrected chi connectivity index (χ0v) is 12.5. The average Bonchev–Trinajstić information content (AvgIpc) is 2.86. The lowest BCUT2D eigenvalue weighted by atomic mass is 10.2. The number of benzene rings is 1. The zero-order chi connectivity index (χ0) is 13.8. The summed E-state index contributed by atoms with van der Waals surface area (Å²) in [5, 5.41) is 14.0. The number of carboxylic acid groups (broad SMARTS) is 1. The van der Waals surface area contributed by atoms with Gasteiger partial charge in [0.2, 0.25) is 0 Å². The minimum absolute atomic E-state index is 0.367. The number of thiophene rings is 1. The van der Waals surface area contributed by atoms with E-state index < -0.39 is 5.97 Å². The Labute approximate surface area is 123 Å². The fourth-order valence-corrected chi connectivity index (χ4v) is 2.77. The maximum atomic E-state index is 11.0. The molecule has 0 spiro atoms. The Bertz CT molecular complexity index is 597. The summed E-state index contributed by atoms with van der Waals surface area (Å²) >= 11 is 4.67. The molecular formula is C13H12BrNO3S. The lowest BCUT2D eigenvalue weighted by Gasteiger charge is -2.10. The van der Waals surface area contributed by atoms with Crippen LogP contribution in [0.1, 0.15) is 15.2 Å². The van der Waals surface area contributed by atoms with Gasteiger partial charge in [-0.25, -0.2) is 4.79 Å². The van der Waals surface area contributed by atoms with Crippen molar-refractivity contribution in [2.24, 2.45) is 0 Å². The van der Waals surface area contributed by atoms with Crippen LogP contribution in [-0.4, -0.2) is 18.2 Å². The van der Waals surface area contributed by atoms with Crippen LogP contribution in [-0.2, 0) is 6.54 Å². The van der Waals surface area contributed by atoms with E-state index in [4.69, 9.17) is 9.84 Å². The van der Waals surface area contributed by atoms with E-state index >= 15 is 0 Å². The summed E-state index contributed by atoms with van der Waals surface area (Å²) in [4.78, 5) is 11.4. The molecule has 0 aliphatic carbocycles. The molecule has 1 aromatic carbocycles. The van der Waals surface area contributed by atoms with Crippen LogP contribution in [0.3, 0.4) is 0 Å². The molecule has 0 fully saturated rings. The Hall–Kier alpha value is -1.53. The molecule has 19 heavy (non-hydrogen) atoms. The first kappa shape index (κ1) is 13.9. The Kier molecular flexibility index (Phi) is 4.44. The highest BCUT2D eigenvalue weighted by molar-refractivity contribution is 9.10. The monoisotopic (exact) mass is 341 g/mol. The van der Waals surface area contributed by atoms with Crippen molar-refractivity contribution < 1.29 is 14.6 Å². The van der Waals surface area contributed by atoms with Crippen LogP contribution in [0.25, 0.3) is 0 Å². The lowest BCUT2D eigenvalue weighted by molar-refractivity contribution is 0.0701. The Morgan fingerprint density at radius 3 is 2.95 bits per heavy atom. The van der Waals surface area contributed by atoms with E-state index in [9.17, 15) is 4.79 Å². The summed E-state index contributed by atoms with van der Waals surface area (Å²) in [5.41, 5.74) is 1.63. The predicted octanol–water partition coefficient (Wildman–Crippen LogP) is 3.83. The number of aromatic carboxylic acids is 1. The number of methoxy groups -OCH3 is 1. The standard InChI is InChI=1S/C13H12BrNO3S/c1-18-9-2-3-10(14)11(6-9)15-7-8-4-5-19-12(8)13(16)17/h2-6,15H,7H2,1H3,(H,16,17). The van der Waals surface area contributed by atoms with Gasteiger partial charge < -0.3 is 15.2 Å². The average molecular weight is 342 g/mol. The Balaban J connectivity index is 2.14. The maximum Gasteiger partial charge on any atom is 0.346 e. The smallest absolute Gasteiger partial charge is 0.346 e. The van der Waals surface area contributed by atoms with E-state index in [1.807, 2.05) is 24.3 Å². The second kappa shape index (κ2) is 6.08. The van der Waals surface area contributed by atoms with Gasteiger partial charge in [0.1, 0.15) is 10.6 Å². The molecular weight excluding hydrogens is 330 g/mol. The van der Waals surface area contributed by atoms with Gasteiger partial charge in [-0.2, -0.15) is 0 Å². The van der Waals surface area contributed by atoms with Crippen LogP contribution in [0.15, 0.2) is 34.1 Å². The van der Waals surface area contributed by atoms with Gasteiger partial charge in [-0.05, 0) is 45.1 Å². The summed E-state index contributed by atoms with van der Waals surface area (Å²) in [6, 6.07) is 7.40. The molecule has 0 radical (unpaired) electrons. The van der Waals surface area contributed by atoms with Crippen molar-refractivity contribution in [3.63, 3.8) is 0 Å². The molecule has 6 heteroatoms. The second-order valence-corrected chi connectivity index (χ2v) is 5.55. The molecule has 4 nitrogen and oxygen atoms in total. The van der Waals surface area contributed by atoms with Crippen molar-refractivity contribution in [2.75, 3.05) is 12.4 Å². The molecule has 0 atom stereocenters. The summed E-state index contributed by atoms with van der Waals surface area (Å²) < 4.78 is 6.06. The van der Waals surface area contributed by atoms with Crippen molar-refractivity contribution in [3.05, 3.63) is 44.6 Å².